The maximum absolute atomic E-state index is 12.6. The van der Waals surface area contributed by atoms with Crippen molar-refractivity contribution in [2.45, 2.75) is 33.3 Å². The maximum Gasteiger partial charge on any atom is 0.193 e. The van der Waals surface area contributed by atoms with Gasteiger partial charge in [-0.25, -0.2) is 0 Å². The molecule has 110 valence electrons. The largest absolute Gasteiger partial charge is 0.491 e. The van der Waals surface area contributed by atoms with Gasteiger partial charge < -0.3 is 10.5 Å². The molecule has 0 heterocycles. The van der Waals surface area contributed by atoms with Crippen LogP contribution in [0, 0.1) is 0 Å². The summed E-state index contributed by atoms with van der Waals surface area (Å²) < 4.78 is 5.68. The molecule has 2 aromatic rings. The summed E-state index contributed by atoms with van der Waals surface area (Å²) in [6, 6.07) is 12.7. The Morgan fingerprint density at radius 2 is 1.95 bits per heavy atom. The van der Waals surface area contributed by atoms with Crippen molar-refractivity contribution >= 4 is 11.5 Å². The van der Waals surface area contributed by atoms with Gasteiger partial charge >= 0.3 is 0 Å². The van der Waals surface area contributed by atoms with Crippen LogP contribution in [0.1, 0.15) is 42.3 Å². The van der Waals surface area contributed by atoms with Gasteiger partial charge in [0.15, 0.2) is 5.78 Å². The van der Waals surface area contributed by atoms with E-state index < -0.39 is 0 Å². The van der Waals surface area contributed by atoms with Gasteiger partial charge in [-0.05, 0) is 56.2 Å². The number of hydrogen-bond donors (Lipinski definition) is 1. The first kappa shape index (κ1) is 15.1. The van der Waals surface area contributed by atoms with Crippen molar-refractivity contribution in [1.29, 1.82) is 0 Å². The van der Waals surface area contributed by atoms with E-state index in [0.717, 1.165) is 17.7 Å². The van der Waals surface area contributed by atoms with Gasteiger partial charge in [0.05, 0.1) is 6.10 Å². The number of carbonyl (C=O) groups is 1. The maximum atomic E-state index is 12.6. The molecule has 0 unspecified atom stereocenters. The summed E-state index contributed by atoms with van der Waals surface area (Å²) >= 11 is 0. The van der Waals surface area contributed by atoms with Crippen molar-refractivity contribution in [2.75, 3.05) is 5.73 Å². The normalized spacial score (nSPS) is 10.7. The van der Waals surface area contributed by atoms with Gasteiger partial charge in [-0.3, -0.25) is 4.79 Å². The fourth-order valence-corrected chi connectivity index (χ4v) is 2.26. The van der Waals surface area contributed by atoms with Crippen LogP contribution in [0.2, 0.25) is 0 Å². The van der Waals surface area contributed by atoms with E-state index in [-0.39, 0.29) is 11.9 Å². The molecule has 0 aliphatic rings. The van der Waals surface area contributed by atoms with Crippen LogP contribution in [0.25, 0.3) is 0 Å². The Morgan fingerprint density at radius 1 is 1.19 bits per heavy atom. The van der Waals surface area contributed by atoms with Gasteiger partial charge in [0.1, 0.15) is 5.75 Å². The van der Waals surface area contributed by atoms with Crippen LogP contribution in [0.15, 0.2) is 42.5 Å². The average Bonchev–Trinajstić information content (AvgIpc) is 2.45. The summed E-state index contributed by atoms with van der Waals surface area (Å²) in [5.41, 5.74) is 8.66. The first-order valence-electron chi connectivity index (χ1n) is 7.21. The van der Waals surface area contributed by atoms with E-state index in [2.05, 4.69) is 0 Å². The molecule has 3 heteroatoms. The van der Waals surface area contributed by atoms with E-state index in [1.165, 1.54) is 0 Å². The third-order valence-corrected chi connectivity index (χ3v) is 3.22. The lowest BCUT2D eigenvalue weighted by Gasteiger charge is -2.13. The molecule has 2 rings (SSSR count). The highest BCUT2D eigenvalue weighted by molar-refractivity contribution is 6.10. The summed E-state index contributed by atoms with van der Waals surface area (Å²) in [4.78, 5) is 12.6. The molecule has 0 saturated heterocycles. The molecule has 0 aliphatic carbocycles. The molecule has 0 radical (unpaired) electrons. The predicted octanol–water partition coefficient (Wildman–Crippen LogP) is 3.85. The van der Waals surface area contributed by atoms with Gasteiger partial charge in [0.25, 0.3) is 0 Å². The van der Waals surface area contributed by atoms with Crippen molar-refractivity contribution in [2.24, 2.45) is 0 Å². The number of ether oxygens (including phenoxy) is 1. The number of anilines is 1. The Kier molecular flexibility index (Phi) is 4.63. The molecule has 0 saturated carbocycles. The number of ketones is 1. The van der Waals surface area contributed by atoms with Gasteiger partial charge in [-0.15, -0.1) is 0 Å². The van der Waals surface area contributed by atoms with Crippen molar-refractivity contribution in [1.82, 2.24) is 0 Å². The summed E-state index contributed by atoms with van der Waals surface area (Å²) in [7, 11) is 0. The summed E-state index contributed by atoms with van der Waals surface area (Å²) in [5.74, 6) is 0.793. The second-order valence-corrected chi connectivity index (χ2v) is 5.29. The number of nitrogen functional groups attached to an aromatic ring is 1. The Balaban J connectivity index is 2.37. The van der Waals surface area contributed by atoms with Gasteiger partial charge in [-0.2, -0.15) is 0 Å². The standard InChI is InChI=1S/C18H21NO2/c1-4-13-11-16(21-12(2)3)8-9-17(13)18(20)14-6-5-7-15(19)10-14/h5-12H,4,19H2,1-3H3. The number of rotatable bonds is 5. The van der Waals surface area contributed by atoms with Gasteiger partial charge in [-0.1, -0.05) is 19.1 Å². The zero-order valence-corrected chi connectivity index (χ0v) is 12.7. The first-order chi connectivity index (χ1) is 10.0. The third kappa shape index (κ3) is 3.63. The average molecular weight is 283 g/mol. The molecular weight excluding hydrogens is 262 g/mol. The van der Waals surface area contributed by atoms with E-state index in [1.54, 1.807) is 24.3 Å². The van der Waals surface area contributed by atoms with Crippen molar-refractivity contribution < 1.29 is 9.53 Å². The fourth-order valence-electron chi connectivity index (χ4n) is 2.26. The van der Waals surface area contributed by atoms with Crippen LogP contribution in [0.5, 0.6) is 5.75 Å². The smallest absolute Gasteiger partial charge is 0.193 e. The van der Waals surface area contributed by atoms with Crippen LogP contribution in [0.4, 0.5) is 5.69 Å². The zero-order valence-electron chi connectivity index (χ0n) is 12.7. The van der Waals surface area contributed by atoms with Gasteiger partial charge in [0.2, 0.25) is 0 Å². The van der Waals surface area contributed by atoms with Gasteiger partial charge in [0, 0.05) is 16.8 Å². The molecule has 0 atom stereocenters. The molecule has 21 heavy (non-hydrogen) atoms. The lowest BCUT2D eigenvalue weighted by atomic mass is 9.96. The summed E-state index contributed by atoms with van der Waals surface area (Å²) in [6.45, 7) is 6.00. The fraction of sp³-hybridized carbons (Fsp3) is 0.278. The highest BCUT2D eigenvalue weighted by atomic mass is 16.5. The monoisotopic (exact) mass is 283 g/mol. The molecule has 2 N–H and O–H groups in total. The topological polar surface area (TPSA) is 52.3 Å². The highest BCUT2D eigenvalue weighted by Crippen LogP contribution is 2.22. The molecular formula is C18H21NO2. The van der Waals surface area contributed by atoms with E-state index in [1.807, 2.05) is 39.0 Å². The quantitative estimate of drug-likeness (QED) is 0.670. The molecule has 0 bridgehead atoms. The molecule has 0 amide bonds. The Hall–Kier alpha value is -2.29. The first-order valence-corrected chi connectivity index (χ1v) is 7.21. The van der Waals surface area contributed by atoms with Crippen LogP contribution in [-0.4, -0.2) is 11.9 Å². The Bertz CT molecular complexity index is 647. The van der Waals surface area contributed by atoms with Crippen molar-refractivity contribution in [3.8, 4) is 5.75 Å². The number of carbonyl (C=O) groups excluding carboxylic acids is 1. The summed E-state index contributed by atoms with van der Waals surface area (Å²) in [5, 5.41) is 0. The number of benzene rings is 2. The molecule has 3 nitrogen and oxygen atoms in total. The zero-order chi connectivity index (χ0) is 15.4. The lowest BCUT2D eigenvalue weighted by Crippen LogP contribution is -2.09. The van der Waals surface area contributed by atoms with E-state index in [0.29, 0.717) is 16.8 Å². The highest BCUT2D eigenvalue weighted by Gasteiger charge is 2.14. The Morgan fingerprint density at radius 3 is 2.57 bits per heavy atom. The van der Waals surface area contributed by atoms with Crippen LogP contribution in [-0.2, 0) is 6.42 Å². The Labute approximate surface area is 125 Å². The van der Waals surface area contributed by atoms with Crippen LogP contribution >= 0.6 is 0 Å². The lowest BCUT2D eigenvalue weighted by molar-refractivity contribution is 0.103. The summed E-state index contributed by atoms with van der Waals surface area (Å²) in [6.07, 6.45) is 0.892. The predicted molar refractivity (Wildman–Crippen MR) is 85.9 cm³/mol. The second-order valence-electron chi connectivity index (χ2n) is 5.29. The molecule has 2 aromatic carbocycles. The molecule has 0 spiro atoms. The van der Waals surface area contributed by atoms with E-state index in [4.69, 9.17) is 10.5 Å². The molecule has 0 fully saturated rings. The number of hydrogen-bond acceptors (Lipinski definition) is 3. The minimum absolute atomic E-state index is 0.00440. The minimum atomic E-state index is -0.00440. The van der Waals surface area contributed by atoms with Crippen LogP contribution < -0.4 is 10.5 Å². The van der Waals surface area contributed by atoms with Crippen LogP contribution in [0.3, 0.4) is 0 Å². The van der Waals surface area contributed by atoms with Crippen molar-refractivity contribution in [3.05, 3.63) is 59.2 Å². The molecule has 0 aromatic heterocycles. The second kappa shape index (κ2) is 6.44. The molecule has 0 aliphatic heterocycles. The van der Waals surface area contributed by atoms with Crippen molar-refractivity contribution in [3.63, 3.8) is 0 Å². The SMILES string of the molecule is CCc1cc(OC(C)C)ccc1C(=O)c1cccc(N)c1. The minimum Gasteiger partial charge on any atom is -0.491 e. The number of aryl methyl sites for hydroxylation is 1. The van der Waals surface area contributed by atoms with E-state index >= 15 is 0 Å². The van der Waals surface area contributed by atoms with E-state index in [9.17, 15) is 4.79 Å². The number of nitrogens with two attached hydrogens (primary N) is 1. The third-order valence-electron chi connectivity index (χ3n) is 3.22.